The highest BCUT2D eigenvalue weighted by molar-refractivity contribution is 6.19. The maximum absolute atomic E-state index is 13.8. The van der Waals surface area contributed by atoms with Gasteiger partial charge < -0.3 is 9.47 Å². The molecule has 0 unspecified atom stereocenters. The lowest BCUT2D eigenvalue weighted by molar-refractivity contribution is -0.166. The normalized spacial score (nSPS) is 28.4. The van der Waals surface area contributed by atoms with E-state index in [1.807, 2.05) is 49.4 Å². The van der Waals surface area contributed by atoms with Gasteiger partial charge in [0.05, 0.1) is 12.0 Å². The SMILES string of the molecule is CCOC(=O)[C@]12C(=O)OC(C)(C)[C@H]1[C@@]2(CC)C(=O)c1ccc(-c2ccccc2)cc1. The van der Waals surface area contributed by atoms with Crippen LogP contribution in [0.3, 0.4) is 0 Å². The minimum absolute atomic E-state index is 0.140. The summed E-state index contributed by atoms with van der Waals surface area (Å²) in [4.78, 5) is 39.7. The van der Waals surface area contributed by atoms with Crippen molar-refractivity contribution in [1.29, 1.82) is 0 Å². The fourth-order valence-electron chi connectivity index (χ4n) is 5.61. The molecule has 5 nitrogen and oxygen atoms in total. The third kappa shape index (κ3) is 2.44. The van der Waals surface area contributed by atoms with E-state index in [2.05, 4.69) is 0 Å². The van der Waals surface area contributed by atoms with E-state index in [-0.39, 0.29) is 12.4 Å². The molecular weight excluding hydrogens is 380 g/mol. The van der Waals surface area contributed by atoms with Gasteiger partial charge in [0.1, 0.15) is 5.60 Å². The first-order chi connectivity index (χ1) is 14.3. The van der Waals surface area contributed by atoms with E-state index < -0.39 is 34.3 Å². The highest BCUT2D eigenvalue weighted by Crippen LogP contribution is 2.80. The van der Waals surface area contributed by atoms with E-state index in [1.54, 1.807) is 32.9 Å². The highest BCUT2D eigenvalue weighted by atomic mass is 16.6. The fraction of sp³-hybridized carbons (Fsp3) is 0.400. The van der Waals surface area contributed by atoms with E-state index in [9.17, 15) is 14.4 Å². The van der Waals surface area contributed by atoms with Crippen molar-refractivity contribution < 1.29 is 23.9 Å². The Hall–Kier alpha value is -2.95. The lowest BCUT2D eigenvalue weighted by atomic mass is 9.81. The molecular formula is C25H26O5. The average Bonchev–Trinajstić information content (AvgIpc) is 3.34. The minimum Gasteiger partial charge on any atom is -0.465 e. The maximum Gasteiger partial charge on any atom is 0.325 e. The third-order valence-corrected chi connectivity index (χ3v) is 6.73. The number of ether oxygens (including phenoxy) is 2. The molecule has 0 N–H and O–H groups in total. The summed E-state index contributed by atoms with van der Waals surface area (Å²) >= 11 is 0. The van der Waals surface area contributed by atoms with Gasteiger partial charge >= 0.3 is 11.9 Å². The van der Waals surface area contributed by atoms with Crippen LogP contribution in [0.5, 0.6) is 0 Å². The minimum atomic E-state index is -1.56. The molecule has 0 amide bonds. The van der Waals surface area contributed by atoms with Crippen LogP contribution >= 0.6 is 0 Å². The van der Waals surface area contributed by atoms with E-state index in [0.717, 1.165) is 11.1 Å². The van der Waals surface area contributed by atoms with Crippen LogP contribution in [0, 0.1) is 16.7 Å². The summed E-state index contributed by atoms with van der Waals surface area (Å²) in [6, 6.07) is 17.2. The zero-order valence-corrected chi connectivity index (χ0v) is 17.7. The first-order valence-electron chi connectivity index (χ1n) is 10.4. The zero-order valence-electron chi connectivity index (χ0n) is 17.7. The summed E-state index contributed by atoms with van der Waals surface area (Å²) in [6.45, 7) is 7.20. The molecule has 2 aliphatic rings. The van der Waals surface area contributed by atoms with Gasteiger partial charge in [-0.05, 0) is 38.3 Å². The predicted octanol–water partition coefficient (Wildman–Crippen LogP) is 4.45. The molecule has 1 saturated heterocycles. The topological polar surface area (TPSA) is 69.7 Å². The quantitative estimate of drug-likeness (QED) is 0.403. The highest BCUT2D eigenvalue weighted by Gasteiger charge is 2.95. The number of esters is 2. The first-order valence-corrected chi connectivity index (χ1v) is 10.4. The van der Waals surface area contributed by atoms with Gasteiger partial charge in [0.15, 0.2) is 11.2 Å². The van der Waals surface area contributed by atoms with Gasteiger partial charge in [0.2, 0.25) is 0 Å². The molecule has 5 heteroatoms. The summed E-state index contributed by atoms with van der Waals surface area (Å²) in [5.41, 5.74) is -1.09. The number of Topliss-reactive ketones (excluding diaryl/α,β-unsaturated/α-hetero) is 1. The molecule has 156 valence electrons. The lowest BCUT2D eigenvalue weighted by Gasteiger charge is -2.28. The van der Waals surface area contributed by atoms with Crippen molar-refractivity contribution in [3.63, 3.8) is 0 Å². The predicted molar refractivity (Wildman–Crippen MR) is 112 cm³/mol. The molecule has 4 rings (SSSR count). The van der Waals surface area contributed by atoms with E-state index in [4.69, 9.17) is 9.47 Å². The van der Waals surface area contributed by atoms with Crippen LogP contribution in [-0.4, -0.2) is 29.9 Å². The average molecular weight is 406 g/mol. The first kappa shape index (κ1) is 20.3. The molecule has 0 bridgehead atoms. The van der Waals surface area contributed by atoms with Crippen molar-refractivity contribution in [3.05, 3.63) is 60.2 Å². The van der Waals surface area contributed by atoms with Crippen molar-refractivity contribution in [2.75, 3.05) is 6.61 Å². The standard InChI is InChI=1S/C25H26O5/c1-5-24(20-23(3,4)30-22(28)25(20,24)21(27)29-6-2)19(26)18-14-12-17(13-15-18)16-10-8-7-9-11-16/h7-15,20H,5-6H2,1-4H3/t20-,24+,25-/m0/s1. The van der Waals surface area contributed by atoms with Gasteiger partial charge in [0.25, 0.3) is 0 Å². The van der Waals surface area contributed by atoms with Gasteiger partial charge in [-0.2, -0.15) is 0 Å². The monoisotopic (exact) mass is 406 g/mol. The second-order valence-electron chi connectivity index (χ2n) is 8.55. The van der Waals surface area contributed by atoms with Gasteiger partial charge in [-0.1, -0.05) is 61.5 Å². The van der Waals surface area contributed by atoms with Crippen molar-refractivity contribution in [2.45, 2.75) is 39.7 Å². The second-order valence-corrected chi connectivity index (χ2v) is 8.55. The smallest absolute Gasteiger partial charge is 0.325 e. The molecule has 0 radical (unpaired) electrons. The van der Waals surface area contributed by atoms with Gasteiger partial charge in [0, 0.05) is 11.5 Å². The van der Waals surface area contributed by atoms with Crippen LogP contribution in [0.4, 0.5) is 0 Å². The molecule has 0 spiro atoms. The van der Waals surface area contributed by atoms with E-state index >= 15 is 0 Å². The Balaban J connectivity index is 1.75. The molecule has 1 aliphatic carbocycles. The largest absolute Gasteiger partial charge is 0.465 e. The number of carbonyl (C=O) groups excluding carboxylic acids is 3. The van der Waals surface area contributed by atoms with Crippen molar-refractivity contribution >= 4 is 17.7 Å². The fourth-order valence-corrected chi connectivity index (χ4v) is 5.61. The van der Waals surface area contributed by atoms with Crippen LogP contribution in [0.1, 0.15) is 44.5 Å². The Morgan fingerprint density at radius 2 is 1.57 bits per heavy atom. The number of cyclic esters (lactones) is 1. The molecule has 30 heavy (non-hydrogen) atoms. The molecule has 1 aliphatic heterocycles. The van der Waals surface area contributed by atoms with Crippen molar-refractivity contribution in [2.24, 2.45) is 16.7 Å². The van der Waals surface area contributed by atoms with E-state index in [0.29, 0.717) is 12.0 Å². The molecule has 2 aromatic rings. The van der Waals surface area contributed by atoms with Crippen LogP contribution in [0.15, 0.2) is 54.6 Å². The van der Waals surface area contributed by atoms with Crippen molar-refractivity contribution in [3.8, 4) is 11.1 Å². The molecule has 1 saturated carbocycles. The second kappa shape index (κ2) is 6.79. The lowest BCUT2D eigenvalue weighted by Crippen LogP contribution is -2.40. The summed E-state index contributed by atoms with van der Waals surface area (Å²) in [6.07, 6.45) is 0.355. The van der Waals surface area contributed by atoms with Crippen LogP contribution in [0.2, 0.25) is 0 Å². The number of ketones is 1. The number of hydrogen-bond acceptors (Lipinski definition) is 5. The van der Waals surface area contributed by atoms with Gasteiger partial charge in [-0.15, -0.1) is 0 Å². The summed E-state index contributed by atoms with van der Waals surface area (Å²) in [5.74, 6) is -2.04. The number of rotatable bonds is 6. The van der Waals surface area contributed by atoms with Crippen LogP contribution < -0.4 is 0 Å². The van der Waals surface area contributed by atoms with Gasteiger partial charge in [-0.3, -0.25) is 14.4 Å². The number of fused-ring (bicyclic) bond motifs is 1. The molecule has 3 atom stereocenters. The Morgan fingerprint density at radius 3 is 2.13 bits per heavy atom. The van der Waals surface area contributed by atoms with Crippen molar-refractivity contribution in [1.82, 2.24) is 0 Å². The van der Waals surface area contributed by atoms with E-state index in [1.165, 1.54) is 0 Å². The Bertz CT molecular complexity index is 1010. The Labute approximate surface area is 176 Å². The summed E-state index contributed by atoms with van der Waals surface area (Å²) in [7, 11) is 0. The Kier molecular flexibility index (Phi) is 4.60. The van der Waals surface area contributed by atoms with Crippen LogP contribution in [0.25, 0.3) is 11.1 Å². The number of hydrogen-bond donors (Lipinski definition) is 0. The molecule has 2 aromatic carbocycles. The van der Waals surface area contributed by atoms with Crippen LogP contribution in [-0.2, 0) is 19.1 Å². The summed E-state index contributed by atoms with van der Waals surface area (Å²) < 4.78 is 10.8. The van der Waals surface area contributed by atoms with Gasteiger partial charge in [-0.25, -0.2) is 0 Å². The molecule has 2 fully saturated rings. The number of carbonyl (C=O) groups is 3. The molecule has 1 heterocycles. The Morgan fingerprint density at radius 1 is 0.967 bits per heavy atom. The summed E-state index contributed by atoms with van der Waals surface area (Å²) in [5, 5.41) is 0. The molecule has 0 aromatic heterocycles. The maximum atomic E-state index is 13.8. The number of benzene rings is 2. The third-order valence-electron chi connectivity index (χ3n) is 6.73. The zero-order chi connectivity index (χ0) is 21.7.